The first-order valence-electron chi connectivity index (χ1n) is 6.44. The van der Waals surface area contributed by atoms with Gasteiger partial charge in [0.2, 0.25) is 5.88 Å². The van der Waals surface area contributed by atoms with Crippen molar-refractivity contribution >= 4 is 22.4 Å². The predicted molar refractivity (Wildman–Crippen MR) is 82.9 cm³/mol. The quantitative estimate of drug-likeness (QED) is 0.566. The second kappa shape index (κ2) is 4.71. The minimum Gasteiger partial charge on any atom is -0.448 e. The van der Waals surface area contributed by atoms with Crippen molar-refractivity contribution in [1.82, 2.24) is 9.55 Å². The number of benzene rings is 1. The molecule has 0 saturated carbocycles. The van der Waals surface area contributed by atoms with Crippen LogP contribution in [0.15, 0.2) is 69.4 Å². The molecule has 1 aromatic carbocycles. The van der Waals surface area contributed by atoms with Crippen molar-refractivity contribution in [3.63, 3.8) is 0 Å². The van der Waals surface area contributed by atoms with Crippen LogP contribution in [-0.4, -0.2) is 9.55 Å². The summed E-state index contributed by atoms with van der Waals surface area (Å²) in [6.07, 6.45) is 1.56. The number of thiophene rings is 1. The molecular weight excluding hydrogens is 284 g/mol. The van der Waals surface area contributed by atoms with Gasteiger partial charge in [-0.25, -0.2) is 9.55 Å². The Bertz CT molecular complexity index is 954. The largest absolute Gasteiger partial charge is 0.448 e. The highest BCUT2D eigenvalue weighted by Crippen LogP contribution is 2.23. The summed E-state index contributed by atoms with van der Waals surface area (Å²) in [5.74, 6) is 0.497. The molecule has 0 radical (unpaired) electrons. The fourth-order valence-corrected chi connectivity index (χ4v) is 3.03. The van der Waals surface area contributed by atoms with Crippen LogP contribution in [0.3, 0.4) is 0 Å². The molecule has 0 unspecified atom stereocenters. The second-order valence-electron chi connectivity index (χ2n) is 4.52. The molecule has 0 atom stereocenters. The van der Waals surface area contributed by atoms with Crippen LogP contribution in [-0.2, 0) is 0 Å². The Morgan fingerprint density at radius 1 is 1.05 bits per heavy atom. The van der Waals surface area contributed by atoms with Gasteiger partial charge in [-0.1, -0.05) is 18.2 Å². The third kappa shape index (κ3) is 1.90. The van der Waals surface area contributed by atoms with Gasteiger partial charge in [0.25, 0.3) is 5.56 Å². The predicted octanol–water partition coefficient (Wildman–Crippen LogP) is 3.71. The van der Waals surface area contributed by atoms with Crippen molar-refractivity contribution in [2.24, 2.45) is 0 Å². The highest BCUT2D eigenvalue weighted by Gasteiger charge is 2.15. The Hall–Kier alpha value is -2.66. The van der Waals surface area contributed by atoms with E-state index in [1.165, 1.54) is 11.3 Å². The average Bonchev–Trinajstić information content (AvgIpc) is 3.20. The van der Waals surface area contributed by atoms with Crippen LogP contribution in [0, 0.1) is 0 Å². The maximum atomic E-state index is 12.8. The Morgan fingerprint density at radius 2 is 1.95 bits per heavy atom. The number of furan rings is 1. The van der Waals surface area contributed by atoms with E-state index in [2.05, 4.69) is 4.98 Å². The fraction of sp³-hybridized carbons (Fsp3) is 0. The van der Waals surface area contributed by atoms with Gasteiger partial charge < -0.3 is 4.42 Å². The molecule has 3 aromatic heterocycles. The molecule has 0 amide bonds. The van der Waals surface area contributed by atoms with Crippen LogP contribution < -0.4 is 5.56 Å². The third-order valence-electron chi connectivity index (χ3n) is 3.24. The van der Waals surface area contributed by atoms with Crippen LogP contribution in [0.2, 0.25) is 0 Å². The smallest absolute Gasteiger partial charge is 0.285 e. The number of fused-ring (bicyclic) bond motifs is 1. The van der Waals surface area contributed by atoms with E-state index in [1.807, 2.05) is 41.8 Å². The number of nitrogens with zero attached hydrogens (tertiary/aromatic N) is 2. The summed E-state index contributed by atoms with van der Waals surface area (Å²) in [6, 6.07) is 14.9. The molecule has 4 nitrogen and oxygen atoms in total. The SMILES string of the molecule is O=c1c(-c2cccs2)nc2ccccc2n1-c1ccco1. The summed E-state index contributed by atoms with van der Waals surface area (Å²) in [5, 5.41) is 1.93. The number of para-hydroxylation sites is 2. The third-order valence-corrected chi connectivity index (χ3v) is 4.12. The first kappa shape index (κ1) is 12.1. The summed E-state index contributed by atoms with van der Waals surface area (Å²) in [4.78, 5) is 18.2. The summed E-state index contributed by atoms with van der Waals surface area (Å²) >= 11 is 1.50. The van der Waals surface area contributed by atoms with E-state index >= 15 is 0 Å². The minimum atomic E-state index is -0.175. The van der Waals surface area contributed by atoms with E-state index in [0.717, 1.165) is 15.9 Å². The molecule has 4 aromatic rings. The average molecular weight is 294 g/mol. The second-order valence-corrected chi connectivity index (χ2v) is 5.47. The van der Waals surface area contributed by atoms with Crippen molar-refractivity contribution in [1.29, 1.82) is 0 Å². The monoisotopic (exact) mass is 294 g/mol. The molecule has 0 saturated heterocycles. The molecule has 0 fully saturated rings. The fourth-order valence-electron chi connectivity index (χ4n) is 2.32. The van der Waals surface area contributed by atoms with E-state index < -0.39 is 0 Å². The summed E-state index contributed by atoms with van der Waals surface area (Å²) in [5.41, 5.74) is 1.76. The van der Waals surface area contributed by atoms with Gasteiger partial charge in [0, 0.05) is 6.07 Å². The van der Waals surface area contributed by atoms with Gasteiger partial charge in [-0.15, -0.1) is 11.3 Å². The van der Waals surface area contributed by atoms with Crippen LogP contribution in [0.4, 0.5) is 0 Å². The molecule has 0 bridgehead atoms. The van der Waals surface area contributed by atoms with E-state index in [0.29, 0.717) is 11.6 Å². The zero-order chi connectivity index (χ0) is 14.2. The van der Waals surface area contributed by atoms with E-state index in [9.17, 15) is 4.79 Å². The first-order chi connectivity index (χ1) is 10.3. The molecule has 5 heteroatoms. The van der Waals surface area contributed by atoms with Crippen molar-refractivity contribution < 1.29 is 4.42 Å². The van der Waals surface area contributed by atoms with Crippen molar-refractivity contribution in [3.8, 4) is 16.5 Å². The zero-order valence-corrected chi connectivity index (χ0v) is 11.7. The molecule has 3 heterocycles. The minimum absolute atomic E-state index is 0.175. The van der Waals surface area contributed by atoms with E-state index in [4.69, 9.17) is 4.42 Å². The van der Waals surface area contributed by atoms with Gasteiger partial charge >= 0.3 is 0 Å². The molecular formula is C16H10N2O2S. The Kier molecular flexibility index (Phi) is 2.72. The van der Waals surface area contributed by atoms with Gasteiger partial charge in [0.15, 0.2) is 0 Å². The van der Waals surface area contributed by atoms with Gasteiger partial charge in [0.1, 0.15) is 5.69 Å². The lowest BCUT2D eigenvalue weighted by molar-refractivity contribution is 0.538. The maximum Gasteiger partial charge on any atom is 0.285 e. The Morgan fingerprint density at radius 3 is 2.71 bits per heavy atom. The highest BCUT2D eigenvalue weighted by atomic mass is 32.1. The Balaban J connectivity index is 2.15. The maximum absolute atomic E-state index is 12.8. The number of rotatable bonds is 2. The van der Waals surface area contributed by atoms with Crippen LogP contribution in [0.1, 0.15) is 0 Å². The van der Waals surface area contributed by atoms with Gasteiger partial charge in [-0.05, 0) is 29.6 Å². The first-order valence-corrected chi connectivity index (χ1v) is 7.32. The van der Waals surface area contributed by atoms with Crippen molar-refractivity contribution in [2.75, 3.05) is 0 Å². The van der Waals surface area contributed by atoms with Gasteiger partial charge in [-0.3, -0.25) is 4.79 Å². The lowest BCUT2D eigenvalue weighted by atomic mass is 10.2. The standard InChI is InChI=1S/C16H10N2O2S/c19-16-15(13-7-4-10-21-13)17-11-5-1-2-6-12(11)18(16)14-8-3-9-20-14/h1-10H. The highest BCUT2D eigenvalue weighted by molar-refractivity contribution is 7.13. The van der Waals surface area contributed by atoms with Crippen molar-refractivity contribution in [3.05, 3.63) is 70.5 Å². The number of hydrogen-bond acceptors (Lipinski definition) is 4. The molecule has 0 spiro atoms. The van der Waals surface area contributed by atoms with Crippen LogP contribution >= 0.6 is 11.3 Å². The van der Waals surface area contributed by atoms with Crippen molar-refractivity contribution in [2.45, 2.75) is 0 Å². The molecule has 21 heavy (non-hydrogen) atoms. The molecule has 4 rings (SSSR count). The number of hydrogen-bond donors (Lipinski definition) is 0. The van der Waals surface area contributed by atoms with Crippen LogP contribution in [0.5, 0.6) is 0 Å². The lowest BCUT2D eigenvalue weighted by Gasteiger charge is -2.09. The number of aromatic nitrogens is 2. The Labute approximate surface area is 123 Å². The van der Waals surface area contributed by atoms with Gasteiger partial charge in [-0.2, -0.15) is 0 Å². The topological polar surface area (TPSA) is 48.0 Å². The van der Waals surface area contributed by atoms with Crippen LogP contribution in [0.25, 0.3) is 27.5 Å². The summed E-state index contributed by atoms with van der Waals surface area (Å²) < 4.78 is 6.99. The van der Waals surface area contributed by atoms with Gasteiger partial charge in [0.05, 0.1) is 22.2 Å². The lowest BCUT2D eigenvalue weighted by Crippen LogP contribution is -2.21. The molecule has 102 valence electrons. The molecule has 0 aliphatic heterocycles. The molecule has 0 aliphatic carbocycles. The van der Waals surface area contributed by atoms with E-state index in [1.54, 1.807) is 23.0 Å². The molecule has 0 aliphatic rings. The summed E-state index contributed by atoms with van der Waals surface area (Å²) in [7, 11) is 0. The zero-order valence-electron chi connectivity index (χ0n) is 10.9. The summed E-state index contributed by atoms with van der Waals surface area (Å²) in [6.45, 7) is 0. The molecule has 0 N–H and O–H groups in total. The van der Waals surface area contributed by atoms with E-state index in [-0.39, 0.29) is 5.56 Å². The normalized spacial score (nSPS) is 11.0.